The molecule has 3 fully saturated rings. The minimum absolute atomic E-state index is 0.297. The topological polar surface area (TPSA) is 59.0 Å². The smallest absolute Gasteiger partial charge is 0.475 e. The Morgan fingerprint density at radius 2 is 1.97 bits per heavy atom. The van der Waals surface area contributed by atoms with Crippen molar-refractivity contribution in [3.63, 3.8) is 0 Å². The minimum Gasteiger partial charge on any atom is -0.475 e. The van der Waals surface area contributed by atoms with E-state index in [0.29, 0.717) is 18.2 Å². The summed E-state index contributed by atoms with van der Waals surface area (Å²) in [5, 5.41) is 7.12. The third-order valence-electron chi connectivity index (χ3n) is 6.07. The van der Waals surface area contributed by atoms with Gasteiger partial charge in [-0.1, -0.05) is 12.8 Å². The van der Waals surface area contributed by atoms with Gasteiger partial charge in [0.05, 0.1) is 18.8 Å². The van der Waals surface area contributed by atoms with Crippen molar-refractivity contribution < 1.29 is 32.5 Å². The average Bonchev–Trinajstić information content (AvgIpc) is 3.41. The molecule has 0 unspecified atom stereocenters. The van der Waals surface area contributed by atoms with Gasteiger partial charge in [-0.25, -0.2) is 4.79 Å². The van der Waals surface area contributed by atoms with Crippen molar-refractivity contribution in [3.05, 3.63) is 21.9 Å². The molecule has 2 saturated carbocycles. The van der Waals surface area contributed by atoms with Gasteiger partial charge in [0.1, 0.15) is 0 Å². The molecule has 1 N–H and O–H groups in total. The van der Waals surface area contributed by atoms with E-state index in [1.54, 1.807) is 0 Å². The Morgan fingerprint density at radius 1 is 1.27 bits per heavy atom. The highest BCUT2D eigenvalue weighted by molar-refractivity contribution is 7.11. The Kier molecular flexibility index (Phi) is 8.17. The standard InChI is InChI=1S/C19H29NO2S.C2HF3O2/c1-14-6-7-16(23-14)12-20-10-11-21-19-17(20)8-9-18(19)22-13-15-4-2-3-5-15;3-2(4,5)1(6)7/h6-7,15,17-19H,2-5,8-13H2,1H3;(H,6,7)/t17-,18+,19+;/m0./s1. The lowest BCUT2D eigenvalue weighted by molar-refractivity contribution is -0.192. The van der Waals surface area contributed by atoms with Crippen LogP contribution >= 0.6 is 11.3 Å². The van der Waals surface area contributed by atoms with Crippen molar-refractivity contribution >= 4 is 17.3 Å². The summed E-state index contributed by atoms with van der Waals surface area (Å²) in [5.74, 6) is -1.95. The molecule has 4 rings (SSSR count). The van der Waals surface area contributed by atoms with Crippen LogP contribution in [-0.2, 0) is 20.8 Å². The van der Waals surface area contributed by atoms with E-state index in [2.05, 4.69) is 24.0 Å². The number of aliphatic carboxylic acids is 1. The van der Waals surface area contributed by atoms with Crippen LogP contribution in [0, 0.1) is 12.8 Å². The number of rotatable bonds is 5. The van der Waals surface area contributed by atoms with Crippen LogP contribution in [0.2, 0.25) is 0 Å². The van der Waals surface area contributed by atoms with Gasteiger partial charge in [0.15, 0.2) is 0 Å². The largest absolute Gasteiger partial charge is 0.490 e. The number of aryl methyl sites for hydroxylation is 1. The Balaban J connectivity index is 0.000000318. The van der Waals surface area contributed by atoms with E-state index in [9.17, 15) is 13.2 Å². The highest BCUT2D eigenvalue weighted by Gasteiger charge is 2.43. The van der Waals surface area contributed by atoms with E-state index < -0.39 is 12.1 Å². The lowest BCUT2D eigenvalue weighted by Gasteiger charge is -2.39. The Labute approximate surface area is 179 Å². The summed E-state index contributed by atoms with van der Waals surface area (Å²) in [5.41, 5.74) is 0. The number of halogens is 3. The van der Waals surface area contributed by atoms with E-state index in [4.69, 9.17) is 19.4 Å². The molecule has 0 amide bonds. The second-order valence-corrected chi connectivity index (χ2v) is 9.66. The Bertz CT molecular complexity index is 690. The normalized spacial score (nSPS) is 27.5. The van der Waals surface area contributed by atoms with Crippen LogP contribution in [0.1, 0.15) is 48.3 Å². The molecule has 0 radical (unpaired) electrons. The predicted octanol–water partition coefficient (Wildman–Crippen LogP) is 4.63. The number of alkyl halides is 3. The molecule has 2 aliphatic carbocycles. The summed E-state index contributed by atoms with van der Waals surface area (Å²) in [6.07, 6.45) is 3.47. The lowest BCUT2D eigenvalue weighted by Crippen LogP contribution is -2.51. The van der Waals surface area contributed by atoms with Crippen molar-refractivity contribution in [1.29, 1.82) is 0 Å². The third-order valence-corrected chi connectivity index (χ3v) is 7.05. The molecule has 1 aromatic heterocycles. The van der Waals surface area contributed by atoms with Gasteiger partial charge in [0.25, 0.3) is 0 Å². The van der Waals surface area contributed by atoms with Crippen LogP contribution in [0.4, 0.5) is 13.2 Å². The lowest BCUT2D eigenvalue weighted by atomic mass is 10.1. The van der Waals surface area contributed by atoms with Crippen molar-refractivity contribution in [2.75, 3.05) is 19.8 Å². The zero-order valence-electron chi connectivity index (χ0n) is 17.2. The highest BCUT2D eigenvalue weighted by Crippen LogP contribution is 2.35. The minimum atomic E-state index is -5.08. The first-order valence-corrected chi connectivity index (χ1v) is 11.4. The second kappa shape index (κ2) is 10.4. The SMILES string of the molecule is Cc1ccc(CN2CCO[C@H]3[C@H](OCC4CCCC4)CC[C@@H]32)s1.O=C(O)C(F)(F)F. The number of ether oxygens (including phenoxy) is 2. The van der Waals surface area contributed by atoms with Crippen LogP contribution < -0.4 is 0 Å². The predicted molar refractivity (Wildman–Crippen MR) is 108 cm³/mol. The Hall–Kier alpha value is -1.16. The molecule has 0 aromatic carbocycles. The molecule has 1 aromatic rings. The molecule has 3 aliphatic rings. The van der Waals surface area contributed by atoms with Crippen LogP contribution in [-0.4, -0.2) is 60.2 Å². The molecular weight excluding hydrogens is 419 g/mol. The number of carboxylic acids is 1. The van der Waals surface area contributed by atoms with Crippen molar-refractivity contribution in [2.45, 2.75) is 76.4 Å². The fourth-order valence-corrected chi connectivity index (χ4v) is 5.49. The molecule has 30 heavy (non-hydrogen) atoms. The zero-order valence-corrected chi connectivity index (χ0v) is 18.0. The summed E-state index contributed by atoms with van der Waals surface area (Å²) in [7, 11) is 0. The van der Waals surface area contributed by atoms with Gasteiger partial charge in [-0.3, -0.25) is 4.90 Å². The van der Waals surface area contributed by atoms with Crippen LogP contribution in [0.15, 0.2) is 12.1 Å². The van der Waals surface area contributed by atoms with Crippen LogP contribution in [0.5, 0.6) is 0 Å². The maximum atomic E-state index is 10.6. The summed E-state index contributed by atoms with van der Waals surface area (Å²) >= 11 is 1.93. The van der Waals surface area contributed by atoms with E-state index in [1.165, 1.54) is 48.3 Å². The molecule has 2 heterocycles. The van der Waals surface area contributed by atoms with E-state index in [0.717, 1.165) is 32.2 Å². The fourth-order valence-electron chi connectivity index (χ4n) is 4.57. The quantitative estimate of drug-likeness (QED) is 0.710. The number of fused-ring (bicyclic) bond motifs is 1. The number of hydrogen-bond donors (Lipinski definition) is 1. The van der Waals surface area contributed by atoms with Gasteiger partial charge in [-0.2, -0.15) is 13.2 Å². The van der Waals surface area contributed by atoms with Gasteiger partial charge < -0.3 is 14.6 Å². The van der Waals surface area contributed by atoms with Crippen LogP contribution in [0.3, 0.4) is 0 Å². The molecule has 1 saturated heterocycles. The van der Waals surface area contributed by atoms with E-state index >= 15 is 0 Å². The number of thiophene rings is 1. The van der Waals surface area contributed by atoms with Crippen LogP contribution in [0.25, 0.3) is 0 Å². The average molecular weight is 450 g/mol. The first-order chi connectivity index (χ1) is 14.2. The first-order valence-electron chi connectivity index (χ1n) is 10.6. The number of carboxylic acid groups (broad SMARTS) is 1. The molecule has 0 bridgehead atoms. The summed E-state index contributed by atoms with van der Waals surface area (Å²) < 4.78 is 44.2. The first kappa shape index (κ1) is 23.5. The molecule has 170 valence electrons. The Morgan fingerprint density at radius 3 is 2.57 bits per heavy atom. The van der Waals surface area contributed by atoms with Gasteiger partial charge >= 0.3 is 12.1 Å². The molecular formula is C21H30F3NO4S. The molecule has 9 heteroatoms. The van der Waals surface area contributed by atoms with Gasteiger partial charge in [0, 0.05) is 35.5 Å². The monoisotopic (exact) mass is 449 g/mol. The van der Waals surface area contributed by atoms with Gasteiger partial charge in [0.2, 0.25) is 0 Å². The summed E-state index contributed by atoms with van der Waals surface area (Å²) in [6, 6.07) is 5.08. The van der Waals surface area contributed by atoms with Crippen molar-refractivity contribution in [1.82, 2.24) is 4.90 Å². The van der Waals surface area contributed by atoms with Gasteiger partial charge in [-0.05, 0) is 50.7 Å². The number of carbonyl (C=O) groups is 1. The third kappa shape index (κ3) is 6.42. The van der Waals surface area contributed by atoms with E-state index in [-0.39, 0.29) is 0 Å². The summed E-state index contributed by atoms with van der Waals surface area (Å²) in [4.78, 5) is 14.4. The van der Waals surface area contributed by atoms with Gasteiger partial charge in [-0.15, -0.1) is 11.3 Å². The number of nitrogens with zero attached hydrogens (tertiary/aromatic N) is 1. The molecule has 0 spiro atoms. The van der Waals surface area contributed by atoms with Crippen molar-refractivity contribution in [2.24, 2.45) is 5.92 Å². The highest BCUT2D eigenvalue weighted by atomic mass is 32.1. The maximum absolute atomic E-state index is 10.6. The second-order valence-electron chi connectivity index (χ2n) is 8.29. The zero-order chi connectivity index (χ0) is 21.7. The number of hydrogen-bond acceptors (Lipinski definition) is 5. The molecule has 5 nitrogen and oxygen atoms in total. The molecule has 1 aliphatic heterocycles. The number of morpholine rings is 1. The van der Waals surface area contributed by atoms with Crippen molar-refractivity contribution in [3.8, 4) is 0 Å². The van der Waals surface area contributed by atoms with E-state index in [1.807, 2.05) is 11.3 Å². The maximum Gasteiger partial charge on any atom is 0.490 e. The fraction of sp³-hybridized carbons (Fsp3) is 0.762. The molecule has 3 atom stereocenters. The summed E-state index contributed by atoms with van der Waals surface area (Å²) in [6.45, 7) is 6.15.